The van der Waals surface area contributed by atoms with E-state index < -0.39 is 73.0 Å². The number of carbonyl (C=O) groups excluding carboxylic acids is 3. The Kier molecular flexibility index (Phi) is 30.5. The Morgan fingerprint density at radius 1 is 0.645 bits per heavy atom. The molecule has 0 saturated heterocycles. The molecule has 2 atom stereocenters. The highest BCUT2D eigenvalue weighted by Gasteiger charge is 2.30. The van der Waals surface area contributed by atoms with E-state index >= 15 is 0 Å². The zero-order chi connectivity index (χ0) is 46.2. The summed E-state index contributed by atoms with van der Waals surface area (Å²) in [4.78, 5) is 49.5. The normalized spacial score (nSPS) is 13.0. The number of halogens is 4. The van der Waals surface area contributed by atoms with Crippen molar-refractivity contribution in [1.82, 2.24) is 0 Å². The predicted octanol–water partition coefficient (Wildman–Crippen LogP) is 12.0. The maximum Gasteiger partial charge on any atom is 0.472 e. The van der Waals surface area contributed by atoms with Crippen molar-refractivity contribution in [2.75, 3.05) is 54.1 Å². The van der Waals surface area contributed by atoms with Gasteiger partial charge in [-0.2, -0.15) is 0 Å². The van der Waals surface area contributed by atoms with Crippen LogP contribution in [0.15, 0.2) is 5.11 Å². The number of phosphoric acid groups is 1. The second kappa shape index (κ2) is 33.3. The first-order chi connectivity index (χ1) is 29.5. The fourth-order valence-corrected chi connectivity index (χ4v) is 7.07. The molecule has 0 spiro atoms. The van der Waals surface area contributed by atoms with Crippen LogP contribution in [0.2, 0.25) is 0 Å². The number of hydrogen-bond acceptors (Lipinski definition) is 10. The van der Waals surface area contributed by atoms with E-state index in [4.69, 9.17) is 28.8 Å². The second-order valence-electron chi connectivity index (χ2n) is 16.6. The van der Waals surface area contributed by atoms with Crippen molar-refractivity contribution in [2.24, 2.45) is 5.11 Å². The molecule has 0 aromatic heterocycles. The maximum atomic E-state index is 14.1. The number of rotatable bonds is 38. The number of esters is 3. The van der Waals surface area contributed by atoms with Gasteiger partial charge in [-0.1, -0.05) is 134 Å². The number of benzene rings is 1. The van der Waals surface area contributed by atoms with Crippen LogP contribution in [-0.2, 0) is 37.4 Å². The highest BCUT2D eigenvalue weighted by atomic mass is 31.2. The van der Waals surface area contributed by atoms with Crippen molar-refractivity contribution < 1.29 is 69.1 Å². The Morgan fingerprint density at radius 2 is 1.10 bits per heavy atom. The minimum Gasteiger partial charge on any atom is -0.462 e. The van der Waals surface area contributed by atoms with Gasteiger partial charge in [0.1, 0.15) is 31.0 Å². The molecule has 0 aliphatic rings. The van der Waals surface area contributed by atoms with Gasteiger partial charge < -0.3 is 23.6 Å². The molecule has 0 radical (unpaired) electrons. The summed E-state index contributed by atoms with van der Waals surface area (Å²) < 4.78 is 95.0. The number of hydrogen-bond donors (Lipinski definition) is 1. The maximum absolute atomic E-state index is 14.1. The summed E-state index contributed by atoms with van der Waals surface area (Å²) in [6.07, 6.45) is 21.1. The van der Waals surface area contributed by atoms with E-state index in [1.54, 1.807) is 0 Å². The second-order valence-corrected chi connectivity index (χ2v) is 18.1. The van der Waals surface area contributed by atoms with E-state index in [1.807, 2.05) is 21.1 Å². The van der Waals surface area contributed by atoms with Crippen molar-refractivity contribution in [1.29, 1.82) is 0 Å². The number of nitrogens with zero attached hydrogens (tertiary/aromatic N) is 4. The van der Waals surface area contributed by atoms with Crippen LogP contribution in [0.1, 0.15) is 171 Å². The Bertz CT molecular complexity index is 1530. The minimum absolute atomic E-state index is 0.0344. The van der Waals surface area contributed by atoms with Crippen LogP contribution >= 0.6 is 7.82 Å². The highest BCUT2D eigenvalue weighted by Crippen LogP contribution is 2.43. The Balaban J connectivity index is 2.35. The van der Waals surface area contributed by atoms with E-state index in [2.05, 4.69) is 16.9 Å². The zero-order valence-electron chi connectivity index (χ0n) is 37.5. The smallest absolute Gasteiger partial charge is 0.462 e. The molecule has 1 aromatic carbocycles. The molecule has 2 unspecified atom stereocenters. The van der Waals surface area contributed by atoms with Gasteiger partial charge in [-0.3, -0.25) is 18.6 Å². The molecule has 1 aromatic rings. The van der Waals surface area contributed by atoms with Gasteiger partial charge in [0, 0.05) is 17.8 Å². The standard InChI is InChI=1S/C43H71F4N4O10P/c1-5-6-7-8-9-10-11-12-13-15-18-21-24-27-35(52)58-32-34(33-60-62(55,56)59-31-29-51(2,3)4)61-36(53)28-25-22-19-16-14-17-20-23-26-30-57-43(54)37-38(44)40(46)42(49-50-48)41(47)39(37)45/h34H,5-33H2,1-4H3/p+1. The van der Waals surface area contributed by atoms with Crippen molar-refractivity contribution in [3.05, 3.63) is 39.3 Å². The summed E-state index contributed by atoms with van der Waals surface area (Å²) in [7, 11) is 1.24. The number of phosphoric ester groups is 1. The fraction of sp³-hybridized carbons (Fsp3) is 0.791. The van der Waals surface area contributed by atoms with Gasteiger partial charge in [-0.05, 0) is 24.8 Å². The third-order valence-electron chi connectivity index (χ3n) is 10.0. The summed E-state index contributed by atoms with van der Waals surface area (Å²) in [5.41, 5.74) is 5.27. The van der Waals surface area contributed by atoms with Gasteiger partial charge in [0.15, 0.2) is 29.4 Å². The van der Waals surface area contributed by atoms with E-state index in [0.717, 1.165) is 57.8 Å². The first kappa shape index (κ1) is 56.7. The number of quaternary nitrogens is 1. The third-order valence-corrected chi connectivity index (χ3v) is 11.0. The summed E-state index contributed by atoms with van der Waals surface area (Å²) in [6, 6.07) is 0. The first-order valence-electron chi connectivity index (χ1n) is 22.4. The van der Waals surface area contributed by atoms with Gasteiger partial charge in [-0.15, -0.1) is 0 Å². The molecule has 0 fully saturated rings. The molecule has 62 heavy (non-hydrogen) atoms. The Hall–Kier alpha value is -3.27. The van der Waals surface area contributed by atoms with Crippen molar-refractivity contribution in [2.45, 2.75) is 167 Å². The van der Waals surface area contributed by atoms with E-state index in [-0.39, 0.29) is 32.7 Å². The molecule has 0 aliphatic carbocycles. The lowest BCUT2D eigenvalue weighted by Gasteiger charge is -2.24. The zero-order valence-corrected chi connectivity index (χ0v) is 38.3. The third kappa shape index (κ3) is 27.0. The molecule has 0 amide bonds. The molecular formula is C43H72F4N4O10P+. The monoisotopic (exact) mass is 911 g/mol. The Labute approximate surface area is 365 Å². The summed E-state index contributed by atoms with van der Waals surface area (Å²) in [5.74, 6) is -10.6. The lowest BCUT2D eigenvalue weighted by atomic mass is 10.0. The average Bonchev–Trinajstić information content (AvgIpc) is 3.21. The lowest BCUT2D eigenvalue weighted by Crippen LogP contribution is -2.37. The summed E-state index contributed by atoms with van der Waals surface area (Å²) >= 11 is 0. The van der Waals surface area contributed by atoms with E-state index in [0.29, 0.717) is 36.7 Å². The number of likely N-dealkylation sites (N-methyl/N-ethyl adjacent to an activating group) is 1. The van der Waals surface area contributed by atoms with Crippen LogP contribution in [0.4, 0.5) is 23.2 Å². The van der Waals surface area contributed by atoms with Gasteiger partial charge in [0.25, 0.3) is 0 Å². The largest absolute Gasteiger partial charge is 0.472 e. The van der Waals surface area contributed by atoms with Gasteiger partial charge in [-0.25, -0.2) is 26.9 Å². The van der Waals surface area contributed by atoms with Crippen LogP contribution in [-0.4, -0.2) is 87.5 Å². The van der Waals surface area contributed by atoms with Gasteiger partial charge >= 0.3 is 25.7 Å². The molecule has 356 valence electrons. The molecule has 0 bridgehead atoms. The molecule has 0 heterocycles. The molecule has 14 nitrogen and oxygen atoms in total. The van der Waals surface area contributed by atoms with Crippen molar-refractivity contribution in [3.63, 3.8) is 0 Å². The van der Waals surface area contributed by atoms with Gasteiger partial charge in [0.2, 0.25) is 0 Å². The van der Waals surface area contributed by atoms with Crippen LogP contribution in [0.3, 0.4) is 0 Å². The quantitative estimate of drug-likeness (QED) is 0.00640. The number of ether oxygens (including phenoxy) is 3. The van der Waals surface area contributed by atoms with Gasteiger partial charge in [0.05, 0.1) is 34.4 Å². The molecule has 0 saturated carbocycles. The van der Waals surface area contributed by atoms with Crippen LogP contribution in [0, 0.1) is 23.3 Å². The highest BCUT2D eigenvalue weighted by molar-refractivity contribution is 7.47. The van der Waals surface area contributed by atoms with Crippen LogP contribution < -0.4 is 0 Å². The molecule has 19 heteroatoms. The minimum atomic E-state index is -4.46. The number of unbranched alkanes of at least 4 members (excludes halogenated alkanes) is 20. The molecule has 1 rings (SSSR count). The summed E-state index contributed by atoms with van der Waals surface area (Å²) in [6.45, 7) is 1.59. The SMILES string of the molecule is CCCCCCCCCCCCCCCC(=O)OCC(COP(=O)(O)OCC[N+](C)(C)C)OC(=O)CCCCCCCCCCCOC(=O)c1c(F)c(F)c(N=[N+]=[N-])c(F)c1F. The predicted molar refractivity (Wildman–Crippen MR) is 227 cm³/mol. The Morgan fingerprint density at radius 3 is 1.56 bits per heavy atom. The van der Waals surface area contributed by atoms with Crippen molar-refractivity contribution in [3.8, 4) is 0 Å². The van der Waals surface area contributed by atoms with E-state index in [1.165, 1.54) is 57.8 Å². The average molecular weight is 912 g/mol. The number of carbonyl (C=O) groups is 3. The molecule has 1 N–H and O–H groups in total. The molecular weight excluding hydrogens is 839 g/mol. The van der Waals surface area contributed by atoms with E-state index in [9.17, 15) is 41.4 Å². The number of azide groups is 1. The summed E-state index contributed by atoms with van der Waals surface area (Å²) in [5, 5.41) is 2.58. The molecule has 0 aliphatic heterocycles. The van der Waals surface area contributed by atoms with Crippen LogP contribution in [0.25, 0.3) is 10.4 Å². The van der Waals surface area contributed by atoms with Crippen LogP contribution in [0.5, 0.6) is 0 Å². The van der Waals surface area contributed by atoms with Crippen molar-refractivity contribution >= 4 is 31.4 Å². The topological polar surface area (TPSA) is 183 Å². The fourth-order valence-electron chi connectivity index (χ4n) is 6.33. The lowest BCUT2D eigenvalue weighted by molar-refractivity contribution is -0.870. The first-order valence-corrected chi connectivity index (χ1v) is 23.9.